The van der Waals surface area contributed by atoms with Crippen molar-refractivity contribution in [3.63, 3.8) is 0 Å². The van der Waals surface area contributed by atoms with Crippen molar-refractivity contribution in [2.45, 2.75) is 30.7 Å². The number of benzene rings is 2. The van der Waals surface area contributed by atoms with Crippen LogP contribution in [0.4, 0.5) is 0 Å². The number of hydrogen-bond acceptors (Lipinski definition) is 9. The summed E-state index contributed by atoms with van der Waals surface area (Å²) in [4.78, 5) is 12.7. The van der Waals surface area contributed by atoms with Crippen molar-refractivity contribution in [3.05, 3.63) is 58.6 Å². The first-order chi connectivity index (χ1) is 14.7. The Balaban J connectivity index is 1.89. The minimum atomic E-state index is -1.74. The number of aromatic hydroxyl groups is 2. The molecule has 0 radical (unpaired) electrons. The number of phenolic OH excluding ortho intramolecular Hbond substituents is 2. The third-order valence-electron chi connectivity index (χ3n) is 4.70. The van der Waals surface area contributed by atoms with Crippen LogP contribution in [0, 0.1) is 0 Å². The van der Waals surface area contributed by atoms with Crippen molar-refractivity contribution >= 4 is 23.5 Å². The fourth-order valence-electron chi connectivity index (χ4n) is 3.05. The number of hydrogen-bond donors (Lipinski definition) is 6. The van der Waals surface area contributed by atoms with Crippen molar-refractivity contribution in [1.82, 2.24) is 0 Å². The second kappa shape index (κ2) is 9.65. The van der Waals surface area contributed by atoms with Gasteiger partial charge in [0.25, 0.3) is 0 Å². The van der Waals surface area contributed by atoms with Crippen LogP contribution in [0.15, 0.2) is 42.5 Å². The van der Waals surface area contributed by atoms with Crippen LogP contribution in [0.2, 0.25) is 5.02 Å². The second-order valence-electron chi connectivity index (χ2n) is 6.90. The van der Waals surface area contributed by atoms with Crippen LogP contribution >= 0.6 is 11.6 Å². The molecule has 1 aliphatic rings. The van der Waals surface area contributed by atoms with Gasteiger partial charge < -0.3 is 40.1 Å². The molecule has 6 N–H and O–H groups in total. The van der Waals surface area contributed by atoms with Gasteiger partial charge in [-0.05, 0) is 23.8 Å². The summed E-state index contributed by atoms with van der Waals surface area (Å²) >= 11 is 5.83. The zero-order valence-electron chi connectivity index (χ0n) is 16.0. The minimum absolute atomic E-state index is 0.333. The predicted molar refractivity (Wildman–Crippen MR) is 109 cm³/mol. The largest absolute Gasteiger partial charge is 0.508 e. The molecule has 10 heteroatoms. The maximum Gasteiger partial charge on any atom is 0.229 e. The Bertz CT molecular complexity index is 958. The molecular weight excluding hydrogens is 432 g/mol. The van der Waals surface area contributed by atoms with Crippen LogP contribution in [-0.4, -0.2) is 73.7 Å². The minimum Gasteiger partial charge on any atom is -0.508 e. The quantitative estimate of drug-likeness (QED) is 0.276. The molecule has 1 aliphatic heterocycles. The summed E-state index contributed by atoms with van der Waals surface area (Å²) in [5.74, 6) is -2.06. The van der Waals surface area contributed by atoms with Crippen molar-refractivity contribution < 1.29 is 44.9 Å². The zero-order valence-corrected chi connectivity index (χ0v) is 16.8. The molecule has 3 rings (SSSR count). The number of ether oxygens (including phenoxy) is 2. The van der Waals surface area contributed by atoms with Gasteiger partial charge in [0.1, 0.15) is 47.2 Å². The van der Waals surface area contributed by atoms with E-state index in [0.717, 1.165) is 18.2 Å². The van der Waals surface area contributed by atoms with Crippen molar-refractivity contribution in [1.29, 1.82) is 0 Å². The summed E-state index contributed by atoms with van der Waals surface area (Å²) < 4.78 is 10.7. The number of carbonyl (C=O) groups is 1. The first kappa shape index (κ1) is 23.0. The number of aliphatic hydroxyl groups is 4. The Labute approximate surface area is 182 Å². The lowest BCUT2D eigenvalue weighted by atomic mass is 9.99. The molecule has 2 aromatic rings. The maximum atomic E-state index is 12.7. The van der Waals surface area contributed by atoms with Crippen LogP contribution in [0.5, 0.6) is 17.2 Å². The van der Waals surface area contributed by atoms with E-state index in [4.69, 9.17) is 21.1 Å². The zero-order chi connectivity index (χ0) is 22.7. The number of ketones is 1. The van der Waals surface area contributed by atoms with Crippen LogP contribution < -0.4 is 4.74 Å². The van der Waals surface area contributed by atoms with Gasteiger partial charge in [0, 0.05) is 17.2 Å². The smallest absolute Gasteiger partial charge is 0.229 e. The maximum absolute atomic E-state index is 12.7. The average Bonchev–Trinajstić information content (AvgIpc) is 2.73. The van der Waals surface area contributed by atoms with Gasteiger partial charge in [0.05, 0.1) is 6.61 Å². The molecule has 1 heterocycles. The molecule has 0 spiro atoms. The monoisotopic (exact) mass is 452 g/mol. The highest BCUT2D eigenvalue weighted by Crippen LogP contribution is 2.36. The standard InChI is InChI=1S/C21H21ClO9/c22-11-4-1-10(2-5-11)3-6-13(25)17-14(26)7-12(24)8-15(17)30-21-20(29)19(28)18(27)16(9-23)31-21/h1-8,16,18-21,23-24,26-29H,9H2/b6-3+/t16-,18+,19+,20-,21-/m1/s1. The number of halogens is 1. The lowest BCUT2D eigenvalue weighted by Crippen LogP contribution is -2.60. The predicted octanol–water partition coefficient (Wildman–Crippen LogP) is 0.826. The molecule has 0 bridgehead atoms. The first-order valence-electron chi connectivity index (χ1n) is 9.22. The van der Waals surface area contributed by atoms with E-state index < -0.39 is 54.6 Å². The van der Waals surface area contributed by atoms with E-state index in [1.165, 1.54) is 6.08 Å². The Morgan fingerprint density at radius 3 is 2.39 bits per heavy atom. The van der Waals surface area contributed by atoms with Gasteiger partial charge in [0.15, 0.2) is 5.78 Å². The fraction of sp³-hybridized carbons (Fsp3) is 0.286. The lowest BCUT2D eigenvalue weighted by molar-refractivity contribution is -0.277. The van der Waals surface area contributed by atoms with Crippen molar-refractivity contribution in [3.8, 4) is 17.2 Å². The Morgan fingerprint density at radius 1 is 1.06 bits per heavy atom. The molecule has 1 saturated heterocycles. The van der Waals surface area contributed by atoms with Crippen LogP contribution in [0.1, 0.15) is 15.9 Å². The Hall–Kier alpha value is -2.66. The molecule has 0 aromatic heterocycles. The summed E-state index contributed by atoms with van der Waals surface area (Å²) in [5, 5.41) is 59.8. The Kier molecular flexibility index (Phi) is 7.16. The lowest BCUT2D eigenvalue weighted by Gasteiger charge is -2.39. The van der Waals surface area contributed by atoms with Gasteiger partial charge >= 0.3 is 0 Å². The topological polar surface area (TPSA) is 157 Å². The van der Waals surface area contributed by atoms with E-state index in [9.17, 15) is 35.4 Å². The Morgan fingerprint density at radius 2 is 1.74 bits per heavy atom. The molecular formula is C21H21ClO9. The molecule has 31 heavy (non-hydrogen) atoms. The second-order valence-corrected chi connectivity index (χ2v) is 7.34. The van der Waals surface area contributed by atoms with E-state index in [1.54, 1.807) is 24.3 Å². The van der Waals surface area contributed by atoms with E-state index >= 15 is 0 Å². The summed E-state index contributed by atoms with van der Waals surface area (Å²) in [7, 11) is 0. The molecule has 0 amide bonds. The fourth-order valence-corrected chi connectivity index (χ4v) is 3.17. The highest BCUT2D eigenvalue weighted by atomic mass is 35.5. The molecule has 0 saturated carbocycles. The number of carbonyl (C=O) groups excluding carboxylic acids is 1. The van der Waals surface area contributed by atoms with Gasteiger partial charge in [-0.15, -0.1) is 0 Å². The molecule has 2 aromatic carbocycles. The molecule has 166 valence electrons. The van der Waals surface area contributed by atoms with Gasteiger partial charge in [0.2, 0.25) is 6.29 Å². The van der Waals surface area contributed by atoms with Gasteiger partial charge in [-0.3, -0.25) is 4.79 Å². The molecule has 9 nitrogen and oxygen atoms in total. The molecule has 0 unspecified atom stereocenters. The SMILES string of the molecule is O=C(/C=C/c1ccc(Cl)cc1)c1c(O)cc(O)cc1O[C@@H]1O[C@H](CO)[C@H](O)[C@H](O)[C@H]1O. The summed E-state index contributed by atoms with van der Waals surface area (Å²) in [6.07, 6.45) is -5.25. The van der Waals surface area contributed by atoms with E-state index in [-0.39, 0.29) is 11.3 Å². The number of rotatable bonds is 6. The molecule has 5 atom stereocenters. The molecule has 0 aliphatic carbocycles. The number of phenols is 2. The van der Waals surface area contributed by atoms with Crippen LogP contribution in [0.3, 0.4) is 0 Å². The highest BCUT2D eigenvalue weighted by molar-refractivity contribution is 6.30. The third kappa shape index (κ3) is 5.16. The van der Waals surface area contributed by atoms with Gasteiger partial charge in [-0.25, -0.2) is 0 Å². The summed E-state index contributed by atoms with van der Waals surface area (Å²) in [6.45, 7) is -0.675. The number of aliphatic hydroxyl groups excluding tert-OH is 4. The van der Waals surface area contributed by atoms with Crippen LogP contribution in [0.25, 0.3) is 6.08 Å². The highest BCUT2D eigenvalue weighted by Gasteiger charge is 2.45. The van der Waals surface area contributed by atoms with Gasteiger partial charge in [-0.2, -0.15) is 0 Å². The summed E-state index contributed by atoms with van der Waals surface area (Å²) in [5.41, 5.74) is 0.326. The van der Waals surface area contributed by atoms with Crippen molar-refractivity contribution in [2.24, 2.45) is 0 Å². The first-order valence-corrected chi connectivity index (χ1v) is 9.60. The van der Waals surface area contributed by atoms with E-state index in [1.807, 2.05) is 0 Å². The van der Waals surface area contributed by atoms with Crippen LogP contribution in [-0.2, 0) is 4.74 Å². The normalized spacial score (nSPS) is 26.2. The average molecular weight is 453 g/mol. The summed E-state index contributed by atoms with van der Waals surface area (Å²) in [6, 6.07) is 8.57. The number of allylic oxidation sites excluding steroid dienone is 1. The van der Waals surface area contributed by atoms with E-state index in [0.29, 0.717) is 10.6 Å². The van der Waals surface area contributed by atoms with Crippen molar-refractivity contribution in [2.75, 3.05) is 6.61 Å². The molecule has 1 fully saturated rings. The third-order valence-corrected chi connectivity index (χ3v) is 4.95. The van der Waals surface area contributed by atoms with E-state index in [2.05, 4.69) is 0 Å². The van der Waals surface area contributed by atoms with Gasteiger partial charge in [-0.1, -0.05) is 29.8 Å².